The van der Waals surface area contributed by atoms with E-state index in [1.165, 1.54) is 34.0 Å². The summed E-state index contributed by atoms with van der Waals surface area (Å²) >= 11 is 3.32. The number of amides is 1. The Balaban J connectivity index is 1.47. The van der Waals surface area contributed by atoms with Gasteiger partial charge in [0.25, 0.3) is 0 Å². The maximum Gasteiger partial charge on any atom is 0.233 e. The number of carbonyl (C=O) groups is 1. The van der Waals surface area contributed by atoms with E-state index < -0.39 is 0 Å². The van der Waals surface area contributed by atoms with Crippen LogP contribution in [0.25, 0.3) is 10.2 Å². The molecule has 146 valence electrons. The zero-order valence-electron chi connectivity index (χ0n) is 16.2. The van der Waals surface area contributed by atoms with Crippen molar-refractivity contribution in [3.05, 3.63) is 46.1 Å². The highest BCUT2D eigenvalue weighted by Gasteiger charge is 2.24. The van der Waals surface area contributed by atoms with Gasteiger partial charge in [-0.2, -0.15) is 0 Å². The molecule has 28 heavy (non-hydrogen) atoms. The number of thiophene rings is 1. The molecule has 3 aromatic rings. The number of thioether (sulfide) groups is 1. The van der Waals surface area contributed by atoms with E-state index in [0.717, 1.165) is 39.8 Å². The summed E-state index contributed by atoms with van der Waals surface area (Å²) in [4.78, 5) is 24.4. The third kappa shape index (κ3) is 3.86. The minimum Gasteiger partial charge on any atom is -0.497 e. The van der Waals surface area contributed by atoms with E-state index in [9.17, 15) is 4.79 Å². The highest BCUT2D eigenvalue weighted by atomic mass is 32.2. The predicted octanol–water partition coefficient (Wildman–Crippen LogP) is 4.29. The van der Waals surface area contributed by atoms with Crippen LogP contribution in [0.4, 0.5) is 0 Å². The molecule has 5 nitrogen and oxygen atoms in total. The fourth-order valence-electron chi connectivity index (χ4n) is 3.45. The molecule has 1 aliphatic rings. The van der Waals surface area contributed by atoms with Crippen molar-refractivity contribution < 1.29 is 9.53 Å². The van der Waals surface area contributed by atoms with E-state index in [0.29, 0.717) is 6.54 Å². The summed E-state index contributed by atoms with van der Waals surface area (Å²) in [6.45, 7) is 4.35. The Kier molecular flexibility index (Phi) is 5.55. The number of hydrogen-bond donors (Lipinski definition) is 1. The first kappa shape index (κ1) is 19.2. The molecule has 0 aliphatic heterocycles. The van der Waals surface area contributed by atoms with Gasteiger partial charge in [-0.05, 0) is 56.4 Å². The van der Waals surface area contributed by atoms with Crippen LogP contribution in [0.2, 0.25) is 0 Å². The van der Waals surface area contributed by atoms with Gasteiger partial charge in [-0.3, -0.25) is 4.79 Å². The summed E-state index contributed by atoms with van der Waals surface area (Å²) in [7, 11) is 1.64. The Morgan fingerprint density at radius 3 is 2.82 bits per heavy atom. The number of aromatic nitrogens is 2. The molecule has 1 amide bonds. The van der Waals surface area contributed by atoms with Crippen LogP contribution in [0.3, 0.4) is 0 Å². The van der Waals surface area contributed by atoms with Crippen LogP contribution in [-0.2, 0) is 24.2 Å². The Hall–Kier alpha value is -2.12. The highest BCUT2D eigenvalue weighted by Crippen LogP contribution is 2.41. The van der Waals surface area contributed by atoms with E-state index in [2.05, 4.69) is 15.3 Å². The number of carbonyl (C=O) groups excluding carboxylic acids is 1. The van der Waals surface area contributed by atoms with Crippen molar-refractivity contribution in [3.8, 4) is 5.75 Å². The van der Waals surface area contributed by atoms with Gasteiger partial charge in [-0.15, -0.1) is 11.3 Å². The van der Waals surface area contributed by atoms with Gasteiger partial charge < -0.3 is 10.1 Å². The third-order valence-electron chi connectivity index (χ3n) is 4.93. The van der Waals surface area contributed by atoms with Gasteiger partial charge in [0.2, 0.25) is 5.91 Å². The van der Waals surface area contributed by atoms with E-state index >= 15 is 0 Å². The lowest BCUT2D eigenvalue weighted by atomic mass is 10.2. The molecule has 0 saturated carbocycles. The Morgan fingerprint density at radius 1 is 1.29 bits per heavy atom. The van der Waals surface area contributed by atoms with Gasteiger partial charge in [0.05, 0.1) is 12.4 Å². The Bertz CT molecular complexity index is 1010. The minimum atomic E-state index is -0.229. The first-order chi connectivity index (χ1) is 13.5. The Morgan fingerprint density at radius 2 is 2.07 bits per heavy atom. The number of aryl methyl sites for hydroxylation is 3. The second-order valence-electron chi connectivity index (χ2n) is 6.94. The molecule has 1 N–H and O–H groups in total. The number of ether oxygens (including phenoxy) is 1. The van der Waals surface area contributed by atoms with Crippen LogP contribution < -0.4 is 10.1 Å². The molecular formula is C21H23N3O2S2. The van der Waals surface area contributed by atoms with Gasteiger partial charge in [0, 0.05) is 16.8 Å². The number of rotatable bonds is 6. The van der Waals surface area contributed by atoms with Crippen LogP contribution in [0.5, 0.6) is 5.75 Å². The lowest BCUT2D eigenvalue weighted by molar-refractivity contribution is -0.120. The zero-order valence-corrected chi connectivity index (χ0v) is 17.9. The van der Waals surface area contributed by atoms with Crippen molar-refractivity contribution in [2.45, 2.75) is 49.9 Å². The molecule has 1 aliphatic carbocycles. The number of benzene rings is 1. The molecule has 0 bridgehead atoms. The van der Waals surface area contributed by atoms with Gasteiger partial charge in [-0.1, -0.05) is 23.9 Å². The lowest BCUT2D eigenvalue weighted by Gasteiger charge is -2.13. The number of fused-ring (bicyclic) bond motifs is 3. The molecule has 7 heteroatoms. The number of methoxy groups -OCH3 is 1. The monoisotopic (exact) mass is 413 g/mol. The maximum atomic E-state index is 12.6. The Labute approximate surface area is 172 Å². The molecule has 0 radical (unpaired) electrons. The number of nitrogens with one attached hydrogen (secondary N) is 1. The fraction of sp³-hybridized carbons (Fsp3) is 0.381. The SMILES string of the molecule is COc1ccc(CNC(=O)[C@@H](C)Sc2nc(C)nc3sc4c(c23)CCC4)cc1. The molecular weight excluding hydrogens is 390 g/mol. The summed E-state index contributed by atoms with van der Waals surface area (Å²) < 4.78 is 5.17. The third-order valence-corrected chi connectivity index (χ3v) is 7.20. The molecule has 0 fully saturated rings. The van der Waals surface area contributed by atoms with Crippen molar-refractivity contribution in [2.24, 2.45) is 0 Å². The zero-order chi connectivity index (χ0) is 19.7. The van der Waals surface area contributed by atoms with E-state index in [1.807, 2.05) is 38.1 Å². The standard InChI is InChI=1S/C21H23N3O2S2/c1-12(19(25)22-11-14-7-9-15(26-3)10-8-14)27-20-18-16-5-4-6-17(16)28-21(18)24-13(2)23-20/h7-10,12H,4-6,11H2,1-3H3,(H,22,25)/t12-/m1/s1. The van der Waals surface area contributed by atoms with Crippen molar-refractivity contribution >= 4 is 39.2 Å². The number of nitrogens with zero attached hydrogens (tertiary/aromatic N) is 2. The van der Waals surface area contributed by atoms with E-state index in [-0.39, 0.29) is 11.2 Å². The molecule has 2 heterocycles. The molecule has 1 aromatic carbocycles. The second kappa shape index (κ2) is 8.09. The average Bonchev–Trinajstić information content (AvgIpc) is 3.27. The van der Waals surface area contributed by atoms with Crippen molar-refractivity contribution in [2.75, 3.05) is 7.11 Å². The molecule has 4 rings (SSSR count). The van der Waals surface area contributed by atoms with Gasteiger partial charge in [-0.25, -0.2) is 9.97 Å². The van der Waals surface area contributed by atoms with E-state index in [4.69, 9.17) is 4.74 Å². The van der Waals surface area contributed by atoms with Gasteiger partial charge in [0.15, 0.2) is 0 Å². The highest BCUT2D eigenvalue weighted by molar-refractivity contribution is 8.00. The predicted molar refractivity (Wildman–Crippen MR) is 114 cm³/mol. The molecule has 2 aromatic heterocycles. The van der Waals surface area contributed by atoms with Gasteiger partial charge >= 0.3 is 0 Å². The summed E-state index contributed by atoms with van der Waals surface area (Å²) in [6.07, 6.45) is 3.43. The average molecular weight is 414 g/mol. The summed E-state index contributed by atoms with van der Waals surface area (Å²) in [5, 5.41) is 4.90. The first-order valence-corrected chi connectivity index (χ1v) is 11.1. The normalized spacial score (nSPS) is 14.1. The molecule has 0 saturated heterocycles. The topological polar surface area (TPSA) is 64.1 Å². The maximum absolute atomic E-state index is 12.6. The fourth-order valence-corrected chi connectivity index (χ4v) is 5.87. The molecule has 0 spiro atoms. The van der Waals surface area contributed by atoms with E-state index in [1.54, 1.807) is 18.4 Å². The van der Waals surface area contributed by atoms with Crippen LogP contribution in [0, 0.1) is 6.92 Å². The number of hydrogen-bond acceptors (Lipinski definition) is 6. The van der Waals surface area contributed by atoms with Crippen LogP contribution in [0.1, 0.15) is 35.2 Å². The smallest absolute Gasteiger partial charge is 0.233 e. The molecule has 1 atom stereocenters. The van der Waals surface area contributed by atoms with Crippen molar-refractivity contribution in [3.63, 3.8) is 0 Å². The lowest BCUT2D eigenvalue weighted by Crippen LogP contribution is -2.30. The van der Waals surface area contributed by atoms with Crippen molar-refractivity contribution in [1.29, 1.82) is 0 Å². The summed E-state index contributed by atoms with van der Waals surface area (Å²) in [6, 6.07) is 7.72. The van der Waals surface area contributed by atoms with Crippen LogP contribution >= 0.6 is 23.1 Å². The van der Waals surface area contributed by atoms with Crippen molar-refractivity contribution in [1.82, 2.24) is 15.3 Å². The largest absolute Gasteiger partial charge is 0.497 e. The van der Waals surface area contributed by atoms with Gasteiger partial charge in [0.1, 0.15) is 21.4 Å². The van der Waals surface area contributed by atoms with Crippen LogP contribution in [0.15, 0.2) is 29.3 Å². The van der Waals surface area contributed by atoms with Crippen LogP contribution in [-0.4, -0.2) is 28.2 Å². The minimum absolute atomic E-state index is 0.0112. The summed E-state index contributed by atoms with van der Waals surface area (Å²) in [5.41, 5.74) is 2.44. The molecule has 0 unspecified atom stereocenters. The second-order valence-corrected chi connectivity index (χ2v) is 9.35. The first-order valence-electron chi connectivity index (χ1n) is 9.41. The quantitative estimate of drug-likeness (QED) is 0.482. The summed E-state index contributed by atoms with van der Waals surface area (Å²) in [5.74, 6) is 1.59.